The number of ether oxygens (including phenoxy) is 2. The lowest BCUT2D eigenvalue weighted by Crippen LogP contribution is -2.16. The van der Waals surface area contributed by atoms with Crippen molar-refractivity contribution in [1.82, 2.24) is 14.9 Å². The smallest absolute Gasteiger partial charge is 0.341 e. The predicted octanol–water partition coefficient (Wildman–Crippen LogP) is 3.85. The molecular formula is C21H26N4O4S. The summed E-state index contributed by atoms with van der Waals surface area (Å²) in [6.45, 7) is 8.42. The van der Waals surface area contributed by atoms with E-state index in [0.29, 0.717) is 33.8 Å². The standard InChI is InChI=1S/C21H26N4O4S/c1-13-17(19(26)27-5)10-16(29-13)12-30-20-24-23-18(25(20)22)11-28-15-8-6-14(7-9-15)21(2,3)4/h6-10H,11-12,22H2,1-5H3. The molecule has 30 heavy (non-hydrogen) atoms. The van der Waals surface area contributed by atoms with Gasteiger partial charge < -0.3 is 19.7 Å². The van der Waals surface area contributed by atoms with E-state index in [1.165, 1.54) is 29.1 Å². The van der Waals surface area contributed by atoms with Crippen LogP contribution in [0.25, 0.3) is 0 Å². The van der Waals surface area contributed by atoms with Crippen molar-refractivity contribution in [3.8, 4) is 5.75 Å². The Morgan fingerprint density at radius 1 is 1.23 bits per heavy atom. The van der Waals surface area contributed by atoms with Gasteiger partial charge in [0.05, 0.1) is 12.9 Å². The Hall–Kier alpha value is -2.94. The van der Waals surface area contributed by atoms with Crippen molar-refractivity contribution >= 4 is 17.7 Å². The van der Waals surface area contributed by atoms with Crippen LogP contribution in [0, 0.1) is 6.92 Å². The Morgan fingerprint density at radius 2 is 1.93 bits per heavy atom. The molecule has 0 saturated heterocycles. The van der Waals surface area contributed by atoms with Gasteiger partial charge in [-0.25, -0.2) is 9.47 Å². The third kappa shape index (κ3) is 4.96. The molecule has 8 nitrogen and oxygen atoms in total. The third-order valence-corrected chi connectivity index (χ3v) is 5.51. The molecule has 0 aliphatic rings. The molecule has 0 aliphatic carbocycles. The maximum atomic E-state index is 11.7. The molecule has 9 heteroatoms. The zero-order valence-corrected chi connectivity index (χ0v) is 18.6. The quantitative estimate of drug-likeness (QED) is 0.342. The Bertz CT molecular complexity index is 1020. The van der Waals surface area contributed by atoms with Crippen LogP contribution >= 0.6 is 11.8 Å². The van der Waals surface area contributed by atoms with Gasteiger partial charge in [-0.05, 0) is 36.1 Å². The summed E-state index contributed by atoms with van der Waals surface area (Å²) in [6, 6.07) is 9.64. The highest BCUT2D eigenvalue weighted by Gasteiger charge is 2.17. The van der Waals surface area contributed by atoms with Gasteiger partial charge in [0.25, 0.3) is 0 Å². The number of thioether (sulfide) groups is 1. The van der Waals surface area contributed by atoms with E-state index in [9.17, 15) is 4.79 Å². The number of nitrogens with zero attached hydrogens (tertiary/aromatic N) is 3. The number of nitrogens with two attached hydrogens (primary N) is 1. The number of hydrogen-bond donors (Lipinski definition) is 1. The van der Waals surface area contributed by atoms with Crippen LogP contribution in [-0.4, -0.2) is 28.0 Å². The Balaban J connectivity index is 1.59. The van der Waals surface area contributed by atoms with Crippen molar-refractivity contribution in [2.45, 2.75) is 50.6 Å². The van der Waals surface area contributed by atoms with Crippen molar-refractivity contribution in [2.75, 3.05) is 13.0 Å². The maximum Gasteiger partial charge on any atom is 0.341 e. The fourth-order valence-corrected chi connectivity index (χ4v) is 3.52. The second-order valence-electron chi connectivity index (χ2n) is 7.79. The number of esters is 1. The minimum atomic E-state index is -0.426. The summed E-state index contributed by atoms with van der Waals surface area (Å²) >= 11 is 1.35. The van der Waals surface area contributed by atoms with E-state index in [2.05, 4.69) is 43.1 Å². The van der Waals surface area contributed by atoms with Gasteiger partial charge in [0.2, 0.25) is 5.16 Å². The average molecular weight is 431 g/mol. The molecule has 3 rings (SSSR count). The number of rotatable bonds is 7. The number of hydrogen-bond acceptors (Lipinski definition) is 8. The Morgan fingerprint density at radius 3 is 2.57 bits per heavy atom. The molecule has 0 bridgehead atoms. The first-order valence-electron chi connectivity index (χ1n) is 9.42. The zero-order chi connectivity index (χ0) is 21.9. The number of benzene rings is 1. The Kier molecular flexibility index (Phi) is 6.40. The highest BCUT2D eigenvalue weighted by Crippen LogP contribution is 2.26. The summed E-state index contributed by atoms with van der Waals surface area (Å²) in [7, 11) is 1.34. The summed E-state index contributed by atoms with van der Waals surface area (Å²) in [5.41, 5.74) is 1.74. The molecular weight excluding hydrogens is 404 g/mol. The minimum absolute atomic E-state index is 0.0895. The molecule has 0 radical (unpaired) electrons. The number of nitrogen functional groups attached to an aromatic ring is 1. The molecule has 0 unspecified atom stereocenters. The van der Waals surface area contributed by atoms with Crippen molar-refractivity contribution in [3.63, 3.8) is 0 Å². The van der Waals surface area contributed by atoms with E-state index < -0.39 is 5.97 Å². The molecule has 0 aliphatic heterocycles. The van der Waals surface area contributed by atoms with E-state index in [1.54, 1.807) is 13.0 Å². The highest BCUT2D eigenvalue weighted by molar-refractivity contribution is 7.98. The molecule has 0 fully saturated rings. The van der Waals surface area contributed by atoms with Crippen molar-refractivity contribution in [3.05, 3.63) is 58.8 Å². The third-order valence-electron chi connectivity index (χ3n) is 4.54. The maximum absolute atomic E-state index is 11.7. The lowest BCUT2D eigenvalue weighted by molar-refractivity contribution is 0.0599. The van der Waals surface area contributed by atoms with Crippen LogP contribution in [-0.2, 0) is 22.5 Å². The van der Waals surface area contributed by atoms with Crippen LogP contribution in [0.1, 0.15) is 54.0 Å². The largest absolute Gasteiger partial charge is 0.486 e. The molecule has 160 valence electrons. The zero-order valence-electron chi connectivity index (χ0n) is 17.8. The van der Waals surface area contributed by atoms with Gasteiger partial charge in [-0.2, -0.15) is 0 Å². The average Bonchev–Trinajstić information content (AvgIpc) is 3.26. The predicted molar refractivity (Wildman–Crippen MR) is 114 cm³/mol. The first-order chi connectivity index (χ1) is 14.2. The van der Waals surface area contributed by atoms with E-state index in [0.717, 1.165) is 5.75 Å². The first kappa shape index (κ1) is 21.8. The molecule has 1 aromatic carbocycles. The second kappa shape index (κ2) is 8.83. The summed E-state index contributed by atoms with van der Waals surface area (Å²) in [4.78, 5) is 11.7. The van der Waals surface area contributed by atoms with Gasteiger partial charge in [-0.15, -0.1) is 10.2 Å². The molecule has 3 aromatic rings. The SMILES string of the molecule is COC(=O)c1cc(CSc2nnc(COc3ccc(C(C)(C)C)cc3)n2N)oc1C. The molecule has 0 saturated carbocycles. The molecule has 2 heterocycles. The number of furan rings is 1. The normalized spacial score (nSPS) is 11.5. The van der Waals surface area contributed by atoms with E-state index in [-0.39, 0.29) is 12.0 Å². The first-order valence-corrected chi connectivity index (χ1v) is 10.4. The number of aryl methyl sites for hydroxylation is 1. The molecule has 2 N–H and O–H groups in total. The van der Waals surface area contributed by atoms with Crippen LogP contribution in [0.15, 0.2) is 39.9 Å². The Labute approximate surface area is 179 Å². The fourth-order valence-electron chi connectivity index (χ4n) is 2.77. The molecule has 2 aromatic heterocycles. The van der Waals surface area contributed by atoms with Crippen LogP contribution in [0.4, 0.5) is 0 Å². The molecule has 0 spiro atoms. The van der Waals surface area contributed by atoms with Crippen LogP contribution in [0.2, 0.25) is 0 Å². The summed E-state index contributed by atoms with van der Waals surface area (Å²) in [6.07, 6.45) is 0. The molecule has 0 amide bonds. The van der Waals surface area contributed by atoms with E-state index in [4.69, 9.17) is 19.7 Å². The van der Waals surface area contributed by atoms with Gasteiger partial charge in [0.15, 0.2) is 5.82 Å². The van der Waals surface area contributed by atoms with Crippen LogP contribution in [0.5, 0.6) is 5.75 Å². The van der Waals surface area contributed by atoms with Gasteiger partial charge in [0.1, 0.15) is 29.4 Å². The van der Waals surface area contributed by atoms with Crippen LogP contribution < -0.4 is 10.6 Å². The van der Waals surface area contributed by atoms with Crippen molar-refractivity contribution in [1.29, 1.82) is 0 Å². The highest BCUT2D eigenvalue weighted by atomic mass is 32.2. The number of carbonyl (C=O) groups excluding carboxylic acids is 1. The van der Waals surface area contributed by atoms with E-state index in [1.807, 2.05) is 12.1 Å². The lowest BCUT2D eigenvalue weighted by atomic mass is 9.87. The second-order valence-corrected chi connectivity index (χ2v) is 8.74. The van der Waals surface area contributed by atoms with Crippen LogP contribution in [0.3, 0.4) is 0 Å². The monoisotopic (exact) mass is 430 g/mol. The van der Waals surface area contributed by atoms with Crippen molar-refractivity contribution in [2.24, 2.45) is 0 Å². The fraction of sp³-hybridized carbons (Fsp3) is 0.381. The van der Waals surface area contributed by atoms with Gasteiger partial charge in [-0.3, -0.25) is 0 Å². The number of methoxy groups -OCH3 is 1. The van der Waals surface area contributed by atoms with Gasteiger partial charge >= 0.3 is 5.97 Å². The minimum Gasteiger partial charge on any atom is -0.486 e. The lowest BCUT2D eigenvalue weighted by Gasteiger charge is -2.19. The molecule has 0 atom stereocenters. The summed E-state index contributed by atoms with van der Waals surface area (Å²) < 4.78 is 17.5. The summed E-state index contributed by atoms with van der Waals surface area (Å²) in [5, 5.41) is 8.73. The number of aromatic nitrogens is 3. The number of carbonyl (C=O) groups is 1. The van der Waals surface area contributed by atoms with E-state index >= 15 is 0 Å². The van der Waals surface area contributed by atoms with Crippen molar-refractivity contribution < 1.29 is 18.7 Å². The summed E-state index contributed by atoms with van der Waals surface area (Å²) in [5.74, 6) is 8.50. The van der Waals surface area contributed by atoms with Gasteiger partial charge in [0, 0.05) is 0 Å². The van der Waals surface area contributed by atoms with Gasteiger partial charge in [-0.1, -0.05) is 44.7 Å². The topological polar surface area (TPSA) is 105 Å².